The van der Waals surface area contributed by atoms with Gasteiger partial charge in [-0.25, -0.2) is 9.78 Å². The van der Waals surface area contributed by atoms with E-state index in [0.717, 1.165) is 43.1 Å². The first kappa shape index (κ1) is 21.2. The maximum atomic E-state index is 11.3. The number of aromatic carboxylic acids is 1. The summed E-state index contributed by atoms with van der Waals surface area (Å²) in [5.41, 5.74) is 4.63. The number of aromatic nitrogens is 3. The molecule has 2 N–H and O–H groups in total. The first-order valence-electron chi connectivity index (χ1n) is 10.5. The van der Waals surface area contributed by atoms with Gasteiger partial charge in [0.05, 0.1) is 35.0 Å². The van der Waals surface area contributed by atoms with Crippen molar-refractivity contribution in [3.8, 4) is 23.0 Å². The minimum absolute atomic E-state index is 0.135. The molecular formula is C24H21ClN4O4. The number of H-pyrrole nitrogens is 1. The van der Waals surface area contributed by atoms with Gasteiger partial charge in [-0.3, -0.25) is 0 Å². The predicted molar refractivity (Wildman–Crippen MR) is 126 cm³/mol. The number of morpholine rings is 1. The molecule has 168 valence electrons. The van der Waals surface area contributed by atoms with E-state index >= 15 is 0 Å². The second-order valence-corrected chi connectivity index (χ2v) is 8.17. The Balaban J connectivity index is 1.43. The zero-order valence-corrected chi connectivity index (χ0v) is 18.6. The number of fused-ring (bicyclic) bond motifs is 1. The Morgan fingerprint density at radius 2 is 1.88 bits per heavy atom. The normalized spacial score (nSPS) is 13.9. The Labute approximate surface area is 194 Å². The first-order valence-corrected chi connectivity index (χ1v) is 10.9. The molecule has 2 aromatic carbocycles. The SMILES string of the molecule is Cc1ccc(C(=O)O)cc1Oc1nc2nc(-c3ccc(N4CCOCC4)cc3)c(Cl)cc2[nH]1. The van der Waals surface area contributed by atoms with Crippen molar-refractivity contribution in [2.75, 3.05) is 31.2 Å². The van der Waals surface area contributed by atoms with E-state index in [1.54, 1.807) is 12.1 Å². The summed E-state index contributed by atoms with van der Waals surface area (Å²) in [4.78, 5) is 25.7. The number of nitrogens with one attached hydrogen (secondary N) is 1. The Hall–Kier alpha value is -3.62. The van der Waals surface area contributed by atoms with Crippen LogP contribution in [0.3, 0.4) is 0 Å². The summed E-state index contributed by atoms with van der Waals surface area (Å²) >= 11 is 6.53. The molecule has 0 spiro atoms. The van der Waals surface area contributed by atoms with Crippen molar-refractivity contribution in [1.29, 1.82) is 0 Å². The van der Waals surface area contributed by atoms with Gasteiger partial charge < -0.3 is 24.5 Å². The molecule has 1 aliphatic rings. The van der Waals surface area contributed by atoms with Gasteiger partial charge in [-0.1, -0.05) is 29.8 Å². The van der Waals surface area contributed by atoms with E-state index < -0.39 is 5.97 Å². The van der Waals surface area contributed by atoms with Crippen LogP contribution >= 0.6 is 11.6 Å². The Morgan fingerprint density at radius 1 is 1.12 bits per heavy atom. The molecule has 1 saturated heterocycles. The van der Waals surface area contributed by atoms with Gasteiger partial charge in [0.25, 0.3) is 0 Å². The minimum atomic E-state index is -1.03. The fourth-order valence-corrected chi connectivity index (χ4v) is 4.01. The van der Waals surface area contributed by atoms with Crippen LogP contribution in [0.5, 0.6) is 11.8 Å². The maximum Gasteiger partial charge on any atom is 0.335 e. The monoisotopic (exact) mass is 464 g/mol. The number of hydrogen-bond acceptors (Lipinski definition) is 6. The number of anilines is 1. The van der Waals surface area contributed by atoms with Crippen molar-refractivity contribution in [2.24, 2.45) is 0 Å². The molecular weight excluding hydrogens is 444 g/mol. The molecule has 33 heavy (non-hydrogen) atoms. The topological polar surface area (TPSA) is 101 Å². The highest BCUT2D eigenvalue weighted by atomic mass is 35.5. The number of aryl methyl sites for hydroxylation is 1. The highest BCUT2D eigenvalue weighted by molar-refractivity contribution is 6.33. The van der Waals surface area contributed by atoms with Gasteiger partial charge in [-0.05, 0) is 42.8 Å². The molecule has 0 aliphatic carbocycles. The quantitative estimate of drug-likeness (QED) is 0.432. The van der Waals surface area contributed by atoms with Crippen LogP contribution in [0, 0.1) is 6.92 Å². The summed E-state index contributed by atoms with van der Waals surface area (Å²) in [6.07, 6.45) is 0. The maximum absolute atomic E-state index is 11.3. The molecule has 0 amide bonds. The largest absolute Gasteiger partial charge is 0.478 e. The van der Waals surface area contributed by atoms with Crippen LogP contribution in [0.25, 0.3) is 22.4 Å². The summed E-state index contributed by atoms with van der Waals surface area (Å²) in [5, 5.41) is 9.72. The summed E-state index contributed by atoms with van der Waals surface area (Å²) < 4.78 is 11.2. The van der Waals surface area contributed by atoms with E-state index in [0.29, 0.717) is 27.6 Å². The van der Waals surface area contributed by atoms with Crippen LogP contribution in [0.1, 0.15) is 15.9 Å². The first-order chi connectivity index (χ1) is 16.0. The van der Waals surface area contributed by atoms with Crippen LogP contribution in [0.15, 0.2) is 48.5 Å². The average molecular weight is 465 g/mol. The Morgan fingerprint density at radius 3 is 2.61 bits per heavy atom. The van der Waals surface area contributed by atoms with E-state index in [4.69, 9.17) is 21.1 Å². The number of pyridine rings is 1. The number of imidazole rings is 1. The number of halogens is 1. The number of carbonyl (C=O) groups is 1. The molecule has 1 aliphatic heterocycles. The van der Waals surface area contributed by atoms with E-state index in [2.05, 4.69) is 32.0 Å². The molecule has 5 rings (SSSR count). The van der Waals surface area contributed by atoms with Gasteiger partial charge in [-0.2, -0.15) is 4.98 Å². The third-order valence-corrected chi connectivity index (χ3v) is 5.85. The molecule has 1 fully saturated rings. The number of carboxylic acids is 1. The smallest absolute Gasteiger partial charge is 0.335 e. The second-order valence-electron chi connectivity index (χ2n) is 7.77. The molecule has 3 heterocycles. The average Bonchev–Trinajstić information content (AvgIpc) is 3.21. The molecule has 0 saturated carbocycles. The summed E-state index contributed by atoms with van der Waals surface area (Å²) in [6.45, 7) is 5.03. The lowest BCUT2D eigenvalue weighted by molar-refractivity contribution is 0.0696. The Bertz CT molecular complexity index is 1330. The van der Waals surface area contributed by atoms with Crippen LogP contribution in [-0.4, -0.2) is 52.3 Å². The zero-order valence-electron chi connectivity index (χ0n) is 17.8. The molecule has 0 bridgehead atoms. The fraction of sp³-hybridized carbons (Fsp3) is 0.208. The number of hydrogen-bond donors (Lipinski definition) is 2. The lowest BCUT2D eigenvalue weighted by atomic mass is 10.1. The molecule has 0 radical (unpaired) electrons. The van der Waals surface area contributed by atoms with Gasteiger partial charge in [0.2, 0.25) is 0 Å². The second kappa shape index (κ2) is 8.73. The highest BCUT2D eigenvalue weighted by Gasteiger charge is 2.15. The van der Waals surface area contributed by atoms with Crippen molar-refractivity contribution in [1.82, 2.24) is 15.0 Å². The number of benzene rings is 2. The van der Waals surface area contributed by atoms with E-state index in [-0.39, 0.29) is 11.6 Å². The number of nitrogens with zero attached hydrogens (tertiary/aromatic N) is 3. The molecule has 0 atom stereocenters. The van der Waals surface area contributed by atoms with Gasteiger partial charge in [0.1, 0.15) is 5.75 Å². The fourth-order valence-electron chi connectivity index (χ4n) is 3.75. The highest BCUT2D eigenvalue weighted by Crippen LogP contribution is 2.32. The number of carboxylic acid groups (broad SMARTS) is 1. The summed E-state index contributed by atoms with van der Waals surface area (Å²) in [6, 6.07) is 14.8. The van der Waals surface area contributed by atoms with Gasteiger partial charge in [-0.15, -0.1) is 0 Å². The lowest BCUT2D eigenvalue weighted by Crippen LogP contribution is -2.36. The predicted octanol–water partition coefficient (Wildman–Crippen LogP) is 4.91. The summed E-state index contributed by atoms with van der Waals surface area (Å²) in [7, 11) is 0. The third-order valence-electron chi connectivity index (χ3n) is 5.56. The molecule has 9 heteroatoms. The van der Waals surface area contributed by atoms with Crippen molar-refractivity contribution in [3.05, 3.63) is 64.7 Å². The van der Waals surface area contributed by atoms with Crippen molar-refractivity contribution in [2.45, 2.75) is 6.92 Å². The standard InChI is InChI=1S/C24H21ClN4O4/c1-14-2-3-16(23(30)31)12-20(14)33-24-26-19-13-18(25)21(27-22(19)28-24)15-4-6-17(7-5-15)29-8-10-32-11-9-29/h2-7,12-13H,8-11H2,1H3,(H,30,31)(H,26,27,28). The zero-order chi connectivity index (χ0) is 22.9. The van der Waals surface area contributed by atoms with Crippen molar-refractivity contribution < 1.29 is 19.4 Å². The van der Waals surface area contributed by atoms with E-state index in [9.17, 15) is 9.90 Å². The third kappa shape index (κ3) is 4.35. The molecule has 0 unspecified atom stereocenters. The van der Waals surface area contributed by atoms with Crippen LogP contribution in [0.2, 0.25) is 5.02 Å². The number of aromatic amines is 1. The lowest BCUT2D eigenvalue weighted by Gasteiger charge is -2.28. The van der Waals surface area contributed by atoms with Gasteiger partial charge in [0, 0.05) is 24.3 Å². The van der Waals surface area contributed by atoms with Crippen LogP contribution < -0.4 is 9.64 Å². The molecule has 8 nitrogen and oxygen atoms in total. The van der Waals surface area contributed by atoms with Crippen LogP contribution in [0.4, 0.5) is 5.69 Å². The van der Waals surface area contributed by atoms with Gasteiger partial charge >= 0.3 is 12.0 Å². The number of ether oxygens (including phenoxy) is 2. The summed E-state index contributed by atoms with van der Waals surface area (Å²) in [5.74, 6) is -0.624. The van der Waals surface area contributed by atoms with E-state index in [1.807, 2.05) is 19.1 Å². The van der Waals surface area contributed by atoms with Crippen molar-refractivity contribution in [3.63, 3.8) is 0 Å². The molecule has 4 aromatic rings. The Kier molecular flexibility index (Phi) is 5.62. The van der Waals surface area contributed by atoms with Crippen LogP contribution in [-0.2, 0) is 4.74 Å². The van der Waals surface area contributed by atoms with E-state index in [1.165, 1.54) is 12.1 Å². The van der Waals surface area contributed by atoms with Gasteiger partial charge in [0.15, 0.2) is 5.65 Å². The minimum Gasteiger partial charge on any atom is -0.478 e. The molecule has 2 aromatic heterocycles. The van der Waals surface area contributed by atoms with Crippen molar-refractivity contribution >= 4 is 34.4 Å². The number of rotatable bonds is 5.